The summed E-state index contributed by atoms with van der Waals surface area (Å²) in [7, 11) is 0. The maximum absolute atomic E-state index is 10.8. The zero-order valence-electron chi connectivity index (χ0n) is 8.67. The molecule has 0 bridgehead atoms. The van der Waals surface area contributed by atoms with Crippen molar-refractivity contribution in [1.29, 1.82) is 0 Å². The number of fused-ring (bicyclic) bond motifs is 1. The van der Waals surface area contributed by atoms with E-state index in [1.54, 1.807) is 24.4 Å². The zero-order valence-corrected chi connectivity index (χ0v) is 9.43. The molecule has 0 aliphatic heterocycles. The number of carbonyl (C=O) groups is 1. The molecule has 1 amide bonds. The quantitative estimate of drug-likeness (QED) is 0.769. The number of benzene rings is 1. The van der Waals surface area contributed by atoms with E-state index in [2.05, 4.69) is 4.98 Å². The Hall–Kier alpha value is -1.48. The molecule has 3 N–H and O–H groups in total. The third kappa shape index (κ3) is 2.30. The van der Waals surface area contributed by atoms with Gasteiger partial charge in [0, 0.05) is 22.7 Å². The first kappa shape index (κ1) is 11.6. The van der Waals surface area contributed by atoms with Gasteiger partial charge in [-0.05, 0) is 12.1 Å². The Morgan fingerprint density at radius 2 is 2.07 bits per heavy atom. The van der Waals surface area contributed by atoms with Crippen molar-refractivity contribution in [2.75, 3.05) is 0 Å². The summed E-state index contributed by atoms with van der Waals surface area (Å²) < 4.78 is 0. The predicted octanol–water partition coefficient (Wildman–Crippen LogP) is 2.95. The van der Waals surface area contributed by atoms with Gasteiger partial charge in [-0.25, -0.2) is 0 Å². The van der Waals surface area contributed by atoms with Gasteiger partial charge in [0.15, 0.2) is 0 Å². The van der Waals surface area contributed by atoms with E-state index in [1.165, 1.54) is 0 Å². The van der Waals surface area contributed by atoms with Crippen LogP contribution in [0.5, 0.6) is 0 Å². The molecule has 0 aliphatic carbocycles. The van der Waals surface area contributed by atoms with E-state index in [0.29, 0.717) is 10.6 Å². The number of amides is 1. The summed E-state index contributed by atoms with van der Waals surface area (Å²) in [6.45, 7) is 4.00. The van der Waals surface area contributed by atoms with Crippen molar-refractivity contribution in [2.24, 2.45) is 5.73 Å². The summed E-state index contributed by atoms with van der Waals surface area (Å²) in [5.41, 5.74) is 6.42. The smallest absolute Gasteiger partial charge is 0.248 e. The molecule has 4 heteroatoms. The summed E-state index contributed by atoms with van der Waals surface area (Å²) in [6, 6.07) is 5.11. The molecule has 0 aliphatic rings. The zero-order chi connectivity index (χ0) is 11.4. The lowest BCUT2D eigenvalue weighted by molar-refractivity contribution is 0.100. The number of aromatic amines is 1. The summed E-state index contributed by atoms with van der Waals surface area (Å²) in [6.07, 6.45) is 1.68. The molecule has 80 valence electrons. The Morgan fingerprint density at radius 3 is 2.67 bits per heavy atom. The summed E-state index contributed by atoms with van der Waals surface area (Å²) in [5.74, 6) is -0.437. The van der Waals surface area contributed by atoms with Crippen LogP contribution in [0.25, 0.3) is 10.9 Å². The number of halogens is 1. The molecule has 1 aromatic heterocycles. The monoisotopic (exact) mass is 224 g/mol. The first-order valence-corrected chi connectivity index (χ1v) is 5.13. The van der Waals surface area contributed by atoms with Crippen molar-refractivity contribution >= 4 is 28.4 Å². The van der Waals surface area contributed by atoms with Crippen molar-refractivity contribution in [3.05, 3.63) is 35.0 Å². The van der Waals surface area contributed by atoms with Crippen LogP contribution in [0.1, 0.15) is 24.2 Å². The number of nitrogens with one attached hydrogen (secondary N) is 1. The van der Waals surface area contributed by atoms with Crippen LogP contribution in [-0.2, 0) is 0 Å². The molecule has 0 fully saturated rings. The third-order valence-corrected chi connectivity index (χ3v) is 2.23. The molecular formula is C11H13ClN2O. The van der Waals surface area contributed by atoms with Gasteiger partial charge in [-0.1, -0.05) is 31.5 Å². The Labute approximate surface area is 93.2 Å². The van der Waals surface area contributed by atoms with Gasteiger partial charge in [-0.3, -0.25) is 4.79 Å². The van der Waals surface area contributed by atoms with Crippen LogP contribution in [0.15, 0.2) is 24.4 Å². The normalized spacial score (nSPS) is 9.53. The Bertz CT molecular complexity index is 476. The van der Waals surface area contributed by atoms with Crippen LogP contribution in [0.3, 0.4) is 0 Å². The number of aromatic nitrogens is 1. The minimum Gasteiger partial charge on any atom is -0.366 e. The lowest BCUT2D eigenvalue weighted by Gasteiger charge is -1.95. The van der Waals surface area contributed by atoms with Crippen molar-refractivity contribution in [2.45, 2.75) is 13.8 Å². The van der Waals surface area contributed by atoms with Gasteiger partial charge in [0.1, 0.15) is 0 Å². The number of rotatable bonds is 1. The molecule has 0 saturated heterocycles. The van der Waals surface area contributed by atoms with Crippen LogP contribution in [-0.4, -0.2) is 10.9 Å². The number of nitrogens with two attached hydrogens (primary N) is 1. The Balaban J connectivity index is 0.000000531. The van der Waals surface area contributed by atoms with Crippen molar-refractivity contribution < 1.29 is 4.79 Å². The highest BCUT2D eigenvalue weighted by Gasteiger charge is 2.04. The van der Waals surface area contributed by atoms with Crippen molar-refractivity contribution in [1.82, 2.24) is 4.98 Å². The second kappa shape index (κ2) is 4.84. The molecule has 0 unspecified atom stereocenters. The first-order chi connectivity index (χ1) is 7.18. The molecule has 0 radical (unpaired) electrons. The topological polar surface area (TPSA) is 58.9 Å². The Morgan fingerprint density at radius 1 is 1.40 bits per heavy atom. The molecule has 2 aromatic rings. The molecule has 0 spiro atoms. The average molecular weight is 225 g/mol. The summed E-state index contributed by atoms with van der Waals surface area (Å²) >= 11 is 5.86. The summed E-state index contributed by atoms with van der Waals surface area (Å²) in [5, 5.41) is 1.54. The van der Waals surface area contributed by atoms with E-state index in [1.807, 2.05) is 13.8 Å². The standard InChI is InChI=1S/C9H7ClN2O.C2H6/c10-7-4-12-8-3-5(9(11)13)1-2-6(7)8;1-2/h1-4,12H,(H2,11,13);1-2H3. The van der Waals surface area contributed by atoms with Crippen LogP contribution in [0.2, 0.25) is 5.02 Å². The second-order valence-electron chi connectivity index (χ2n) is 2.76. The lowest BCUT2D eigenvalue weighted by atomic mass is 10.1. The maximum atomic E-state index is 10.8. The molecule has 0 saturated carbocycles. The highest BCUT2D eigenvalue weighted by Crippen LogP contribution is 2.23. The van der Waals surface area contributed by atoms with E-state index in [4.69, 9.17) is 17.3 Å². The highest BCUT2D eigenvalue weighted by molar-refractivity contribution is 6.35. The minimum atomic E-state index is -0.437. The van der Waals surface area contributed by atoms with Gasteiger partial charge >= 0.3 is 0 Å². The number of carbonyl (C=O) groups excluding carboxylic acids is 1. The van der Waals surface area contributed by atoms with Crippen molar-refractivity contribution in [3.63, 3.8) is 0 Å². The van der Waals surface area contributed by atoms with E-state index in [-0.39, 0.29) is 0 Å². The minimum absolute atomic E-state index is 0.437. The van der Waals surface area contributed by atoms with Crippen LogP contribution < -0.4 is 5.73 Å². The number of primary amides is 1. The van der Waals surface area contributed by atoms with E-state index < -0.39 is 5.91 Å². The number of H-pyrrole nitrogens is 1. The fourth-order valence-electron chi connectivity index (χ4n) is 1.24. The van der Waals surface area contributed by atoms with Gasteiger partial charge in [0.2, 0.25) is 5.91 Å². The SMILES string of the molecule is CC.NC(=O)c1ccc2c(Cl)c[nH]c2c1. The molecule has 1 heterocycles. The van der Waals surface area contributed by atoms with Crippen molar-refractivity contribution in [3.8, 4) is 0 Å². The molecule has 2 rings (SSSR count). The van der Waals surface area contributed by atoms with Gasteiger partial charge in [-0.2, -0.15) is 0 Å². The fraction of sp³-hybridized carbons (Fsp3) is 0.182. The second-order valence-corrected chi connectivity index (χ2v) is 3.17. The highest BCUT2D eigenvalue weighted by atomic mass is 35.5. The van der Waals surface area contributed by atoms with Crippen LogP contribution >= 0.6 is 11.6 Å². The van der Waals surface area contributed by atoms with Gasteiger partial charge in [0.05, 0.1) is 5.02 Å². The van der Waals surface area contributed by atoms with Crippen LogP contribution in [0.4, 0.5) is 0 Å². The van der Waals surface area contributed by atoms with E-state index in [9.17, 15) is 4.79 Å². The molecular weight excluding hydrogens is 212 g/mol. The van der Waals surface area contributed by atoms with Gasteiger partial charge in [-0.15, -0.1) is 0 Å². The number of hydrogen-bond acceptors (Lipinski definition) is 1. The first-order valence-electron chi connectivity index (χ1n) is 4.75. The molecule has 0 atom stereocenters. The van der Waals surface area contributed by atoms with E-state index >= 15 is 0 Å². The third-order valence-electron chi connectivity index (χ3n) is 1.92. The molecule has 3 nitrogen and oxygen atoms in total. The predicted molar refractivity (Wildman–Crippen MR) is 63.2 cm³/mol. The number of hydrogen-bond donors (Lipinski definition) is 2. The summed E-state index contributed by atoms with van der Waals surface area (Å²) in [4.78, 5) is 13.8. The molecule has 1 aromatic carbocycles. The van der Waals surface area contributed by atoms with Gasteiger partial charge in [0.25, 0.3) is 0 Å². The lowest BCUT2D eigenvalue weighted by Crippen LogP contribution is -2.10. The Kier molecular flexibility index (Phi) is 3.74. The largest absolute Gasteiger partial charge is 0.366 e. The fourth-order valence-corrected chi connectivity index (χ4v) is 1.46. The average Bonchev–Trinajstić information content (AvgIpc) is 2.63. The molecule has 15 heavy (non-hydrogen) atoms. The van der Waals surface area contributed by atoms with Crippen LogP contribution in [0, 0.1) is 0 Å². The van der Waals surface area contributed by atoms with E-state index in [0.717, 1.165) is 10.9 Å². The maximum Gasteiger partial charge on any atom is 0.248 e. The van der Waals surface area contributed by atoms with Gasteiger partial charge < -0.3 is 10.7 Å².